The van der Waals surface area contributed by atoms with Gasteiger partial charge in [0.2, 0.25) is 5.78 Å². The van der Waals surface area contributed by atoms with Crippen molar-refractivity contribution >= 4 is 66.7 Å². The quantitative estimate of drug-likeness (QED) is 0.366. The third-order valence-corrected chi connectivity index (χ3v) is 6.07. The van der Waals surface area contributed by atoms with Crippen molar-refractivity contribution in [2.45, 2.75) is 0 Å². The number of anilines is 2. The SMILES string of the molecule is O=C(c1ccc(Br)cc1)c1sc2nccc3c2c1N=CN3c1ccccc1. The van der Waals surface area contributed by atoms with Gasteiger partial charge in [0.15, 0.2) is 0 Å². The van der Waals surface area contributed by atoms with Gasteiger partial charge in [0.1, 0.15) is 16.0 Å². The van der Waals surface area contributed by atoms with Crippen LogP contribution in [0.15, 0.2) is 76.3 Å². The van der Waals surface area contributed by atoms with Crippen LogP contribution < -0.4 is 4.90 Å². The van der Waals surface area contributed by atoms with E-state index in [2.05, 4.69) is 25.9 Å². The average molecular weight is 434 g/mol. The minimum Gasteiger partial charge on any atom is -0.300 e. The number of ketones is 1. The number of hydrogen-bond donors (Lipinski definition) is 0. The zero-order valence-corrected chi connectivity index (χ0v) is 16.4. The number of thiophene rings is 1. The molecule has 4 aromatic rings. The van der Waals surface area contributed by atoms with Gasteiger partial charge in [-0.15, -0.1) is 11.3 Å². The molecule has 0 amide bonds. The number of rotatable bonds is 3. The largest absolute Gasteiger partial charge is 0.300 e. The van der Waals surface area contributed by atoms with Crippen molar-refractivity contribution in [3.8, 4) is 0 Å². The Bertz CT molecular complexity index is 1200. The number of para-hydroxylation sites is 1. The predicted molar refractivity (Wildman–Crippen MR) is 114 cm³/mol. The van der Waals surface area contributed by atoms with Gasteiger partial charge >= 0.3 is 0 Å². The van der Waals surface area contributed by atoms with Crippen LogP contribution in [0.3, 0.4) is 0 Å². The molecule has 0 spiro atoms. The first-order valence-electron chi connectivity index (χ1n) is 8.32. The molecule has 0 bridgehead atoms. The lowest BCUT2D eigenvalue weighted by Gasteiger charge is -2.23. The Morgan fingerprint density at radius 1 is 1.00 bits per heavy atom. The number of hydrogen-bond acceptors (Lipinski definition) is 5. The molecule has 6 heteroatoms. The van der Waals surface area contributed by atoms with E-state index in [-0.39, 0.29) is 5.78 Å². The fourth-order valence-corrected chi connectivity index (χ4v) is 4.51. The molecule has 27 heavy (non-hydrogen) atoms. The molecule has 4 nitrogen and oxygen atoms in total. The van der Waals surface area contributed by atoms with Gasteiger partial charge in [-0.3, -0.25) is 4.79 Å². The second-order valence-corrected chi connectivity index (χ2v) is 7.99. The molecule has 1 aliphatic rings. The summed E-state index contributed by atoms with van der Waals surface area (Å²) in [5.41, 5.74) is 3.36. The Morgan fingerprint density at radius 3 is 2.56 bits per heavy atom. The van der Waals surface area contributed by atoms with Gasteiger partial charge in [0.25, 0.3) is 0 Å². The van der Waals surface area contributed by atoms with Crippen LogP contribution in [-0.2, 0) is 0 Å². The molecule has 0 aliphatic carbocycles. The molecule has 3 heterocycles. The van der Waals surface area contributed by atoms with E-state index in [1.54, 1.807) is 12.5 Å². The Morgan fingerprint density at radius 2 is 1.78 bits per heavy atom. The molecule has 0 radical (unpaired) electrons. The zero-order valence-electron chi connectivity index (χ0n) is 14.0. The molecule has 2 aromatic carbocycles. The van der Waals surface area contributed by atoms with Crippen molar-refractivity contribution in [1.82, 2.24) is 4.98 Å². The predicted octanol–water partition coefficient (Wildman–Crippen LogP) is 6.10. The minimum absolute atomic E-state index is 0.0308. The van der Waals surface area contributed by atoms with Gasteiger partial charge in [0.05, 0.1) is 16.8 Å². The number of benzene rings is 2. The molecular weight excluding hydrogens is 422 g/mol. The van der Waals surface area contributed by atoms with Crippen LogP contribution in [0.5, 0.6) is 0 Å². The highest BCUT2D eigenvalue weighted by atomic mass is 79.9. The molecule has 130 valence electrons. The molecule has 0 atom stereocenters. The lowest BCUT2D eigenvalue weighted by Crippen LogP contribution is -2.16. The van der Waals surface area contributed by atoms with Crippen molar-refractivity contribution in [2.75, 3.05) is 4.90 Å². The van der Waals surface area contributed by atoms with Gasteiger partial charge in [0, 0.05) is 21.9 Å². The smallest absolute Gasteiger partial charge is 0.205 e. The minimum atomic E-state index is -0.0308. The fraction of sp³-hybridized carbons (Fsp3) is 0. The van der Waals surface area contributed by atoms with Gasteiger partial charge < -0.3 is 4.90 Å². The van der Waals surface area contributed by atoms with E-state index in [4.69, 9.17) is 0 Å². The maximum absolute atomic E-state index is 13.1. The molecule has 1 aliphatic heterocycles. The summed E-state index contributed by atoms with van der Waals surface area (Å²) in [5.74, 6) is -0.0308. The maximum Gasteiger partial charge on any atom is 0.205 e. The third-order valence-electron chi connectivity index (χ3n) is 4.45. The third kappa shape index (κ3) is 2.69. The van der Waals surface area contributed by atoms with Crippen LogP contribution in [0.1, 0.15) is 15.2 Å². The van der Waals surface area contributed by atoms with Crippen molar-refractivity contribution in [3.63, 3.8) is 0 Å². The van der Waals surface area contributed by atoms with Crippen LogP contribution in [-0.4, -0.2) is 17.1 Å². The van der Waals surface area contributed by atoms with E-state index >= 15 is 0 Å². The summed E-state index contributed by atoms with van der Waals surface area (Å²) in [7, 11) is 0. The number of nitrogens with zero attached hydrogens (tertiary/aromatic N) is 3. The normalized spacial score (nSPS) is 12.6. The summed E-state index contributed by atoms with van der Waals surface area (Å²) < 4.78 is 0.942. The maximum atomic E-state index is 13.1. The Labute approximate surface area is 167 Å². The second-order valence-electron chi connectivity index (χ2n) is 6.08. The van der Waals surface area contributed by atoms with Crippen LogP contribution in [0.2, 0.25) is 0 Å². The standard InChI is InChI=1S/C21H12BrN3OS/c22-14-8-6-13(7-9-14)19(26)20-18-17-16(10-11-23-21(17)27-20)25(12-24-18)15-4-2-1-3-5-15/h1-12H. The van der Waals surface area contributed by atoms with Crippen molar-refractivity contribution < 1.29 is 4.79 Å². The van der Waals surface area contributed by atoms with Crippen molar-refractivity contribution in [1.29, 1.82) is 0 Å². The second kappa shape index (κ2) is 6.40. The Kier molecular flexibility index (Phi) is 3.88. The highest BCUT2D eigenvalue weighted by Gasteiger charge is 2.26. The fourth-order valence-electron chi connectivity index (χ4n) is 3.17. The van der Waals surface area contributed by atoms with Gasteiger partial charge in [-0.25, -0.2) is 9.98 Å². The average Bonchev–Trinajstić information content (AvgIpc) is 3.09. The summed E-state index contributed by atoms with van der Waals surface area (Å²) in [6, 6.07) is 19.4. The summed E-state index contributed by atoms with van der Waals surface area (Å²) >= 11 is 4.80. The zero-order chi connectivity index (χ0) is 18.4. The van der Waals surface area contributed by atoms with Gasteiger partial charge in [-0.05, 0) is 42.5 Å². The monoisotopic (exact) mass is 433 g/mol. The molecule has 2 aromatic heterocycles. The topological polar surface area (TPSA) is 45.6 Å². The van der Waals surface area contributed by atoms with Crippen LogP contribution in [0.4, 0.5) is 17.1 Å². The highest BCUT2D eigenvalue weighted by Crippen LogP contribution is 2.46. The number of carbonyl (C=O) groups is 1. The van der Waals surface area contributed by atoms with E-state index in [1.807, 2.05) is 65.6 Å². The number of aliphatic imine (C=N–C) groups is 1. The van der Waals surface area contributed by atoms with Crippen LogP contribution in [0.25, 0.3) is 10.2 Å². The Balaban J connectivity index is 1.67. The van der Waals surface area contributed by atoms with Crippen molar-refractivity contribution in [3.05, 3.63) is 81.8 Å². The van der Waals surface area contributed by atoms with E-state index in [0.717, 1.165) is 26.1 Å². The molecular formula is C21H12BrN3OS. The number of carbonyl (C=O) groups excluding carboxylic acids is 1. The molecule has 0 unspecified atom stereocenters. The van der Waals surface area contributed by atoms with E-state index in [9.17, 15) is 4.79 Å². The summed E-state index contributed by atoms with van der Waals surface area (Å²) in [5, 5.41) is 0.925. The van der Waals surface area contributed by atoms with E-state index in [0.29, 0.717) is 16.1 Å². The molecule has 0 N–H and O–H groups in total. The number of pyridine rings is 1. The first-order valence-corrected chi connectivity index (χ1v) is 9.93. The molecule has 0 saturated heterocycles. The van der Waals surface area contributed by atoms with Crippen LogP contribution >= 0.6 is 27.3 Å². The van der Waals surface area contributed by atoms with Gasteiger partial charge in [-0.2, -0.15) is 0 Å². The summed E-state index contributed by atoms with van der Waals surface area (Å²) in [4.78, 5) is 25.7. The van der Waals surface area contributed by atoms with E-state index in [1.165, 1.54) is 11.3 Å². The highest BCUT2D eigenvalue weighted by molar-refractivity contribution is 9.10. The van der Waals surface area contributed by atoms with E-state index < -0.39 is 0 Å². The molecule has 5 rings (SSSR count). The van der Waals surface area contributed by atoms with Crippen LogP contribution in [0, 0.1) is 0 Å². The van der Waals surface area contributed by atoms with Crippen molar-refractivity contribution in [2.24, 2.45) is 4.99 Å². The Hall–Kier alpha value is -2.83. The lowest BCUT2D eigenvalue weighted by molar-refractivity contribution is 0.104. The number of halogens is 1. The first-order chi connectivity index (χ1) is 13.2. The molecule has 0 fully saturated rings. The van der Waals surface area contributed by atoms with Gasteiger partial charge in [-0.1, -0.05) is 34.1 Å². The number of aromatic nitrogens is 1. The molecule has 0 saturated carbocycles. The summed E-state index contributed by atoms with van der Waals surface area (Å²) in [6.45, 7) is 0. The summed E-state index contributed by atoms with van der Waals surface area (Å²) in [6.07, 6.45) is 3.55. The lowest BCUT2D eigenvalue weighted by atomic mass is 10.1. The first kappa shape index (κ1) is 16.4.